The van der Waals surface area contributed by atoms with Crippen LogP contribution >= 0.6 is 0 Å². The highest BCUT2D eigenvalue weighted by molar-refractivity contribution is 7.85. The van der Waals surface area contributed by atoms with Crippen molar-refractivity contribution in [2.75, 3.05) is 31.1 Å². The maximum absolute atomic E-state index is 11.3. The monoisotopic (exact) mass is 242 g/mol. The molecule has 1 heterocycles. The van der Waals surface area contributed by atoms with Crippen molar-refractivity contribution >= 4 is 10.8 Å². The molecule has 1 saturated heterocycles. The van der Waals surface area contributed by atoms with Crippen molar-refractivity contribution in [3.8, 4) is 0 Å². The Balaban J connectivity index is 1.57. The summed E-state index contributed by atoms with van der Waals surface area (Å²) in [5.41, 5.74) is 6.32. The van der Waals surface area contributed by atoms with Gasteiger partial charge in [-0.2, -0.15) is 0 Å². The molecule has 0 aromatic carbocycles. The van der Waals surface area contributed by atoms with E-state index in [0.717, 1.165) is 42.3 Å². The van der Waals surface area contributed by atoms with Crippen LogP contribution in [0.4, 0.5) is 0 Å². The molecule has 0 amide bonds. The average Bonchev–Trinajstić information content (AvgIpc) is 2.85. The molecule has 3 aliphatic rings. The minimum Gasteiger partial charge on any atom is -0.327 e. The third-order valence-corrected chi connectivity index (χ3v) is 6.17. The zero-order valence-electron chi connectivity index (χ0n) is 9.81. The van der Waals surface area contributed by atoms with Gasteiger partial charge in [0.25, 0.3) is 0 Å². The van der Waals surface area contributed by atoms with E-state index in [1.54, 1.807) is 0 Å². The van der Waals surface area contributed by atoms with Gasteiger partial charge in [0.1, 0.15) is 0 Å². The van der Waals surface area contributed by atoms with Crippen LogP contribution < -0.4 is 5.73 Å². The third kappa shape index (κ3) is 1.95. The van der Waals surface area contributed by atoms with Crippen LogP contribution in [0.3, 0.4) is 0 Å². The molecule has 1 aliphatic heterocycles. The molecule has 92 valence electrons. The van der Waals surface area contributed by atoms with E-state index in [-0.39, 0.29) is 0 Å². The summed E-state index contributed by atoms with van der Waals surface area (Å²) in [6, 6.07) is 0.450. The van der Waals surface area contributed by atoms with Crippen molar-refractivity contribution in [3.63, 3.8) is 0 Å². The Hall–Kier alpha value is 0.0700. The topological polar surface area (TPSA) is 46.3 Å². The quantitative estimate of drug-likeness (QED) is 0.763. The van der Waals surface area contributed by atoms with Crippen LogP contribution in [0, 0.1) is 17.8 Å². The predicted octanol–water partition coefficient (Wildman–Crippen LogP) is 0.424. The molecule has 4 unspecified atom stereocenters. The fourth-order valence-corrected chi connectivity index (χ4v) is 5.01. The highest BCUT2D eigenvalue weighted by atomic mass is 32.2. The molecule has 4 atom stereocenters. The molecular formula is C12H22N2OS. The Bertz CT molecular complexity index is 285. The van der Waals surface area contributed by atoms with Crippen LogP contribution in [-0.2, 0) is 10.8 Å². The highest BCUT2D eigenvalue weighted by Gasteiger charge is 2.46. The van der Waals surface area contributed by atoms with Crippen molar-refractivity contribution in [2.45, 2.75) is 25.3 Å². The summed E-state index contributed by atoms with van der Waals surface area (Å²) < 4.78 is 11.3. The van der Waals surface area contributed by atoms with E-state index in [1.165, 1.54) is 25.8 Å². The molecule has 3 nitrogen and oxygen atoms in total. The van der Waals surface area contributed by atoms with Crippen molar-refractivity contribution in [2.24, 2.45) is 23.5 Å². The van der Waals surface area contributed by atoms with E-state index >= 15 is 0 Å². The normalized spacial score (nSPS) is 45.3. The summed E-state index contributed by atoms with van der Waals surface area (Å²) in [5.74, 6) is 4.18. The maximum atomic E-state index is 11.3. The Kier molecular flexibility index (Phi) is 3.07. The van der Waals surface area contributed by atoms with Crippen molar-refractivity contribution < 1.29 is 4.21 Å². The molecule has 0 aromatic heterocycles. The van der Waals surface area contributed by atoms with Gasteiger partial charge in [-0.25, -0.2) is 0 Å². The van der Waals surface area contributed by atoms with Crippen LogP contribution in [0.1, 0.15) is 19.3 Å². The first kappa shape index (κ1) is 11.2. The molecule has 0 aromatic rings. The summed E-state index contributed by atoms with van der Waals surface area (Å²) in [5, 5.41) is 0. The largest absolute Gasteiger partial charge is 0.327 e. The number of fused-ring (bicyclic) bond motifs is 2. The summed E-state index contributed by atoms with van der Waals surface area (Å²) >= 11 is 0. The van der Waals surface area contributed by atoms with E-state index in [1.807, 2.05) is 0 Å². The van der Waals surface area contributed by atoms with Crippen molar-refractivity contribution in [1.82, 2.24) is 4.90 Å². The first-order valence-corrected chi connectivity index (χ1v) is 8.06. The molecule has 2 bridgehead atoms. The number of hydrogen-bond donors (Lipinski definition) is 1. The number of nitrogens with two attached hydrogens (primary N) is 1. The Labute approximate surface area is 100 Å². The predicted molar refractivity (Wildman–Crippen MR) is 66.6 cm³/mol. The summed E-state index contributed by atoms with van der Waals surface area (Å²) in [6.07, 6.45) is 4.15. The van der Waals surface area contributed by atoms with Gasteiger partial charge in [-0.15, -0.1) is 0 Å². The Morgan fingerprint density at radius 3 is 2.50 bits per heavy atom. The van der Waals surface area contributed by atoms with Gasteiger partial charge in [-0.1, -0.05) is 0 Å². The van der Waals surface area contributed by atoms with Gasteiger partial charge < -0.3 is 10.6 Å². The fraction of sp³-hybridized carbons (Fsp3) is 1.00. The van der Waals surface area contributed by atoms with Crippen LogP contribution in [0.25, 0.3) is 0 Å². The number of rotatable bonds is 2. The second kappa shape index (κ2) is 4.39. The van der Waals surface area contributed by atoms with Crippen LogP contribution in [0.15, 0.2) is 0 Å². The van der Waals surface area contributed by atoms with Gasteiger partial charge >= 0.3 is 0 Å². The molecule has 4 heteroatoms. The third-order valence-electron chi connectivity index (χ3n) is 4.90. The van der Waals surface area contributed by atoms with E-state index in [9.17, 15) is 4.21 Å². The van der Waals surface area contributed by atoms with Crippen molar-refractivity contribution in [1.29, 1.82) is 0 Å². The lowest BCUT2D eigenvalue weighted by Gasteiger charge is -2.34. The minimum absolute atomic E-state index is 0.450. The van der Waals surface area contributed by atoms with Gasteiger partial charge in [0, 0.05) is 48.0 Å². The molecular weight excluding hydrogens is 220 g/mol. The van der Waals surface area contributed by atoms with E-state index in [4.69, 9.17) is 5.73 Å². The summed E-state index contributed by atoms with van der Waals surface area (Å²) in [7, 11) is -0.547. The molecule has 0 spiro atoms. The summed E-state index contributed by atoms with van der Waals surface area (Å²) in [4.78, 5) is 2.49. The molecule has 3 fully saturated rings. The number of nitrogens with zero attached hydrogens (tertiary/aromatic N) is 1. The summed E-state index contributed by atoms with van der Waals surface area (Å²) in [6.45, 7) is 3.21. The van der Waals surface area contributed by atoms with Gasteiger partial charge in [-0.05, 0) is 37.0 Å². The standard InChI is InChI=1S/C12H22N2OS/c13-12-10-2-1-9(7-10)11(12)8-14-3-5-16(15)6-4-14/h9-12H,1-8,13H2. The van der Waals surface area contributed by atoms with Crippen molar-refractivity contribution in [3.05, 3.63) is 0 Å². The first-order chi connectivity index (χ1) is 7.74. The smallest absolute Gasteiger partial charge is 0.0363 e. The van der Waals surface area contributed by atoms with Gasteiger partial charge in [0.05, 0.1) is 0 Å². The Morgan fingerprint density at radius 2 is 1.88 bits per heavy atom. The lowest BCUT2D eigenvalue weighted by atomic mass is 9.84. The zero-order valence-corrected chi connectivity index (χ0v) is 10.6. The molecule has 3 rings (SSSR count). The fourth-order valence-electron chi connectivity index (χ4n) is 3.88. The molecule has 2 aliphatic carbocycles. The number of hydrogen-bond acceptors (Lipinski definition) is 3. The molecule has 2 saturated carbocycles. The van der Waals surface area contributed by atoms with E-state index in [2.05, 4.69) is 4.90 Å². The maximum Gasteiger partial charge on any atom is 0.0363 e. The average molecular weight is 242 g/mol. The van der Waals surface area contributed by atoms with E-state index < -0.39 is 10.8 Å². The lowest BCUT2D eigenvalue weighted by Crippen LogP contribution is -2.46. The minimum atomic E-state index is -0.547. The second-order valence-electron chi connectivity index (χ2n) is 5.72. The molecule has 2 N–H and O–H groups in total. The Morgan fingerprint density at radius 1 is 1.19 bits per heavy atom. The lowest BCUT2D eigenvalue weighted by molar-refractivity contribution is 0.184. The van der Waals surface area contributed by atoms with Crippen LogP contribution in [0.5, 0.6) is 0 Å². The first-order valence-electron chi connectivity index (χ1n) is 6.57. The van der Waals surface area contributed by atoms with Crippen LogP contribution in [-0.4, -0.2) is 46.3 Å². The zero-order chi connectivity index (χ0) is 11.1. The SMILES string of the molecule is NC1C2CCC(C2)C1CN1CCS(=O)CC1. The van der Waals surface area contributed by atoms with Gasteiger partial charge in [0.15, 0.2) is 0 Å². The highest BCUT2D eigenvalue weighted by Crippen LogP contribution is 2.47. The second-order valence-corrected chi connectivity index (χ2v) is 7.42. The van der Waals surface area contributed by atoms with E-state index in [0.29, 0.717) is 6.04 Å². The molecule has 16 heavy (non-hydrogen) atoms. The molecule has 0 radical (unpaired) electrons. The van der Waals surface area contributed by atoms with Crippen LogP contribution in [0.2, 0.25) is 0 Å². The van der Waals surface area contributed by atoms with Gasteiger partial charge in [-0.3, -0.25) is 4.21 Å². The van der Waals surface area contributed by atoms with Gasteiger partial charge in [0.2, 0.25) is 0 Å².